The minimum Gasteiger partial charge on any atom is -0.464 e. The lowest BCUT2D eigenvalue weighted by molar-refractivity contribution is -0.153. The molecule has 5 heteroatoms. The van der Waals surface area contributed by atoms with E-state index in [-0.39, 0.29) is 6.61 Å². The van der Waals surface area contributed by atoms with Crippen LogP contribution in [0.2, 0.25) is 0 Å². The lowest BCUT2D eigenvalue weighted by Crippen LogP contribution is -2.15. The van der Waals surface area contributed by atoms with Gasteiger partial charge in [-0.15, -0.1) is 0 Å². The van der Waals surface area contributed by atoms with Gasteiger partial charge in [-0.25, -0.2) is 4.79 Å². The topological polar surface area (TPSA) is 71.2 Å². The Morgan fingerprint density at radius 2 is 1.76 bits per heavy atom. The van der Waals surface area contributed by atoms with Crippen LogP contribution in [0.25, 0.3) is 0 Å². The second kappa shape index (κ2) is 7.31. The molecule has 0 bridgehead atoms. The largest absolute Gasteiger partial charge is 0.464 e. The van der Waals surface area contributed by atoms with Gasteiger partial charge >= 0.3 is 5.97 Å². The molecule has 1 unspecified atom stereocenters. The molecule has 2 rings (SSSR count). The standard InChI is InChI=1S/C16H16N2O3/c1-2-21-16(20)15(19)13-10-6-7-11-14(13)18-17-12-8-4-3-5-9-12/h3-11,15,19H,2H2,1H3. The highest BCUT2D eigenvalue weighted by Crippen LogP contribution is 2.28. The molecule has 0 aliphatic rings. The van der Waals surface area contributed by atoms with Gasteiger partial charge in [-0.3, -0.25) is 0 Å². The number of aliphatic hydroxyl groups is 1. The van der Waals surface area contributed by atoms with Crippen LogP contribution in [-0.4, -0.2) is 17.7 Å². The number of carbonyl (C=O) groups excluding carboxylic acids is 1. The van der Waals surface area contributed by atoms with Crippen LogP contribution in [0.15, 0.2) is 64.8 Å². The van der Waals surface area contributed by atoms with Crippen LogP contribution < -0.4 is 0 Å². The molecule has 21 heavy (non-hydrogen) atoms. The Labute approximate surface area is 122 Å². The van der Waals surface area contributed by atoms with Crippen LogP contribution in [0.1, 0.15) is 18.6 Å². The zero-order valence-electron chi connectivity index (χ0n) is 11.6. The van der Waals surface area contributed by atoms with E-state index in [2.05, 4.69) is 10.2 Å². The Morgan fingerprint density at radius 1 is 1.10 bits per heavy atom. The van der Waals surface area contributed by atoms with Gasteiger partial charge in [0.15, 0.2) is 6.10 Å². The highest BCUT2D eigenvalue weighted by molar-refractivity contribution is 5.78. The number of aliphatic hydroxyl groups excluding tert-OH is 1. The fourth-order valence-electron chi connectivity index (χ4n) is 1.76. The fraction of sp³-hybridized carbons (Fsp3) is 0.188. The summed E-state index contributed by atoms with van der Waals surface area (Å²) in [6.07, 6.45) is -1.36. The first-order chi connectivity index (χ1) is 10.2. The molecule has 5 nitrogen and oxygen atoms in total. The molecule has 0 saturated heterocycles. The number of ether oxygens (including phenoxy) is 1. The summed E-state index contributed by atoms with van der Waals surface area (Å²) in [5.74, 6) is -0.695. The summed E-state index contributed by atoms with van der Waals surface area (Å²) >= 11 is 0. The predicted octanol–water partition coefficient (Wildman–Crippen LogP) is 3.70. The van der Waals surface area contributed by atoms with Gasteiger partial charge < -0.3 is 9.84 Å². The molecule has 2 aromatic rings. The summed E-state index contributed by atoms with van der Waals surface area (Å²) in [7, 11) is 0. The maximum atomic E-state index is 11.6. The van der Waals surface area contributed by atoms with Gasteiger partial charge in [0.05, 0.1) is 18.0 Å². The van der Waals surface area contributed by atoms with Gasteiger partial charge in [0.25, 0.3) is 0 Å². The van der Waals surface area contributed by atoms with Crippen molar-refractivity contribution < 1.29 is 14.6 Å². The Kier molecular flexibility index (Phi) is 5.17. The second-order valence-electron chi connectivity index (χ2n) is 4.25. The lowest BCUT2D eigenvalue weighted by atomic mass is 10.1. The Balaban J connectivity index is 2.25. The number of azo groups is 1. The van der Waals surface area contributed by atoms with Crippen molar-refractivity contribution in [3.8, 4) is 0 Å². The first-order valence-electron chi connectivity index (χ1n) is 6.62. The molecule has 1 atom stereocenters. The van der Waals surface area contributed by atoms with Crippen molar-refractivity contribution in [1.29, 1.82) is 0 Å². The van der Waals surface area contributed by atoms with Crippen molar-refractivity contribution in [3.05, 3.63) is 60.2 Å². The average molecular weight is 284 g/mol. The zero-order valence-corrected chi connectivity index (χ0v) is 11.6. The van der Waals surface area contributed by atoms with Crippen molar-refractivity contribution in [2.24, 2.45) is 10.2 Å². The van der Waals surface area contributed by atoms with E-state index in [4.69, 9.17) is 4.74 Å². The Bertz CT molecular complexity index is 626. The molecule has 0 aromatic heterocycles. The van der Waals surface area contributed by atoms with Gasteiger partial charge in [-0.1, -0.05) is 36.4 Å². The van der Waals surface area contributed by atoms with Crippen LogP contribution in [0.3, 0.4) is 0 Å². The van der Waals surface area contributed by atoms with E-state index >= 15 is 0 Å². The van der Waals surface area contributed by atoms with Gasteiger partial charge in [0, 0.05) is 5.56 Å². The zero-order chi connectivity index (χ0) is 15.1. The molecule has 2 aromatic carbocycles. The molecular weight excluding hydrogens is 268 g/mol. The molecule has 1 N–H and O–H groups in total. The predicted molar refractivity (Wildman–Crippen MR) is 78.7 cm³/mol. The fourth-order valence-corrected chi connectivity index (χ4v) is 1.76. The molecular formula is C16H16N2O3. The smallest absolute Gasteiger partial charge is 0.339 e. The van der Waals surface area contributed by atoms with Gasteiger partial charge in [0.1, 0.15) is 0 Å². The van der Waals surface area contributed by atoms with E-state index in [1.807, 2.05) is 30.3 Å². The third-order valence-corrected chi connectivity index (χ3v) is 2.77. The molecule has 0 heterocycles. The number of hydrogen-bond donors (Lipinski definition) is 1. The van der Waals surface area contributed by atoms with E-state index in [0.717, 1.165) is 0 Å². The lowest BCUT2D eigenvalue weighted by Gasteiger charge is -2.11. The van der Waals surface area contributed by atoms with Gasteiger partial charge in [-0.2, -0.15) is 10.2 Å². The summed E-state index contributed by atoms with van der Waals surface area (Å²) in [6.45, 7) is 1.90. The highest BCUT2D eigenvalue weighted by Gasteiger charge is 2.21. The molecule has 0 aliphatic carbocycles. The molecule has 0 aliphatic heterocycles. The van der Waals surface area contributed by atoms with E-state index in [0.29, 0.717) is 16.9 Å². The van der Waals surface area contributed by atoms with Crippen LogP contribution in [0, 0.1) is 0 Å². The molecule has 0 saturated carbocycles. The highest BCUT2D eigenvalue weighted by atomic mass is 16.5. The number of hydrogen-bond acceptors (Lipinski definition) is 5. The Hall–Kier alpha value is -2.53. The Morgan fingerprint density at radius 3 is 2.48 bits per heavy atom. The number of rotatable bonds is 5. The van der Waals surface area contributed by atoms with E-state index in [1.165, 1.54) is 0 Å². The number of esters is 1. The monoisotopic (exact) mass is 284 g/mol. The average Bonchev–Trinajstić information content (AvgIpc) is 2.54. The normalized spacial score (nSPS) is 12.3. The van der Waals surface area contributed by atoms with Gasteiger partial charge in [-0.05, 0) is 25.1 Å². The van der Waals surface area contributed by atoms with Crippen molar-refractivity contribution >= 4 is 17.3 Å². The summed E-state index contributed by atoms with van der Waals surface area (Å²) in [5.41, 5.74) is 1.50. The van der Waals surface area contributed by atoms with Crippen molar-refractivity contribution in [1.82, 2.24) is 0 Å². The summed E-state index contributed by atoms with van der Waals surface area (Å²) in [4.78, 5) is 11.6. The maximum Gasteiger partial charge on any atom is 0.339 e. The first kappa shape index (κ1) is 14.9. The summed E-state index contributed by atoms with van der Waals surface area (Å²) < 4.78 is 4.81. The van der Waals surface area contributed by atoms with Crippen molar-refractivity contribution in [2.45, 2.75) is 13.0 Å². The van der Waals surface area contributed by atoms with Crippen LogP contribution in [-0.2, 0) is 9.53 Å². The van der Waals surface area contributed by atoms with E-state index in [9.17, 15) is 9.90 Å². The van der Waals surface area contributed by atoms with Crippen LogP contribution in [0.4, 0.5) is 11.4 Å². The SMILES string of the molecule is CCOC(=O)C(O)c1ccccc1N=Nc1ccccc1. The molecule has 108 valence electrons. The molecule has 0 radical (unpaired) electrons. The summed E-state index contributed by atoms with van der Waals surface area (Å²) in [5, 5.41) is 18.2. The van der Waals surface area contributed by atoms with E-state index in [1.54, 1.807) is 31.2 Å². The van der Waals surface area contributed by atoms with Gasteiger partial charge in [0.2, 0.25) is 0 Å². The quantitative estimate of drug-likeness (QED) is 0.672. The van der Waals surface area contributed by atoms with Crippen LogP contribution >= 0.6 is 0 Å². The number of nitrogens with zero attached hydrogens (tertiary/aromatic N) is 2. The minimum absolute atomic E-state index is 0.212. The molecule has 0 fully saturated rings. The first-order valence-corrected chi connectivity index (χ1v) is 6.62. The number of carbonyl (C=O) groups is 1. The third-order valence-electron chi connectivity index (χ3n) is 2.77. The van der Waals surface area contributed by atoms with Crippen molar-refractivity contribution in [2.75, 3.05) is 6.61 Å². The second-order valence-corrected chi connectivity index (χ2v) is 4.25. The van der Waals surface area contributed by atoms with E-state index < -0.39 is 12.1 Å². The minimum atomic E-state index is -1.36. The summed E-state index contributed by atoms with van der Waals surface area (Å²) in [6, 6.07) is 16.0. The number of benzene rings is 2. The molecule has 0 amide bonds. The van der Waals surface area contributed by atoms with Crippen molar-refractivity contribution in [3.63, 3.8) is 0 Å². The third kappa shape index (κ3) is 3.97. The van der Waals surface area contributed by atoms with Crippen LogP contribution in [0.5, 0.6) is 0 Å². The maximum absolute atomic E-state index is 11.6. The molecule has 0 spiro atoms.